The summed E-state index contributed by atoms with van der Waals surface area (Å²) in [6, 6.07) is -1.43. The quantitative estimate of drug-likeness (QED) is 0.302. The van der Waals surface area contributed by atoms with Crippen molar-refractivity contribution in [2.75, 3.05) is 6.54 Å². The highest BCUT2D eigenvalue weighted by atomic mass is 31.2. The van der Waals surface area contributed by atoms with Crippen molar-refractivity contribution in [1.29, 1.82) is 0 Å². The second-order valence-corrected chi connectivity index (χ2v) is 6.37. The van der Waals surface area contributed by atoms with Gasteiger partial charge in [0.25, 0.3) is 0 Å². The predicted octanol–water partition coefficient (Wildman–Crippen LogP) is -2.05. The van der Waals surface area contributed by atoms with E-state index >= 15 is 0 Å². The fraction of sp³-hybridized carbons (Fsp3) is 1.00. The second-order valence-electron chi connectivity index (χ2n) is 2.49. The van der Waals surface area contributed by atoms with Crippen LogP contribution in [0.5, 0.6) is 0 Å². The van der Waals surface area contributed by atoms with Crippen molar-refractivity contribution in [3.63, 3.8) is 0 Å². The summed E-state index contributed by atoms with van der Waals surface area (Å²) in [6.07, 6.45) is 0. The number of rotatable bonds is 4. The van der Waals surface area contributed by atoms with Gasteiger partial charge in [0.05, 0.1) is 0 Å². The molecular formula is C3H12N2O6P2. The van der Waals surface area contributed by atoms with Crippen molar-refractivity contribution in [3.05, 3.63) is 0 Å². The van der Waals surface area contributed by atoms with Crippen LogP contribution in [0.2, 0.25) is 0 Å². The fourth-order valence-electron chi connectivity index (χ4n) is 0.817. The van der Waals surface area contributed by atoms with Gasteiger partial charge in [-0.05, 0) is 0 Å². The van der Waals surface area contributed by atoms with Crippen molar-refractivity contribution in [2.45, 2.75) is 11.4 Å². The first-order valence-electron chi connectivity index (χ1n) is 3.16. The number of nitrogens with two attached hydrogens (primary N) is 2. The normalized spacial score (nSPS) is 16.2. The molecule has 0 heterocycles. The molecule has 80 valence electrons. The highest BCUT2D eigenvalue weighted by molar-refractivity contribution is 7.71. The molecule has 0 radical (unpaired) electrons. The molecule has 1 atom stereocenters. The molecule has 1 unspecified atom stereocenters. The van der Waals surface area contributed by atoms with Crippen molar-refractivity contribution in [1.82, 2.24) is 0 Å². The third-order valence-corrected chi connectivity index (χ3v) is 5.29. The van der Waals surface area contributed by atoms with Crippen LogP contribution in [0, 0.1) is 0 Å². The van der Waals surface area contributed by atoms with Crippen LogP contribution in [-0.4, -0.2) is 37.6 Å². The molecule has 0 amide bonds. The molecule has 0 spiro atoms. The molecule has 0 aliphatic rings. The molecule has 0 aromatic carbocycles. The average molecular weight is 234 g/mol. The van der Waals surface area contributed by atoms with Gasteiger partial charge in [0.1, 0.15) is 0 Å². The van der Waals surface area contributed by atoms with Crippen LogP contribution in [0.4, 0.5) is 0 Å². The molecule has 0 aromatic rings. The lowest BCUT2D eigenvalue weighted by Crippen LogP contribution is -2.40. The molecule has 13 heavy (non-hydrogen) atoms. The Labute approximate surface area is 74.3 Å². The Balaban J connectivity index is 5.01. The first-order valence-corrected chi connectivity index (χ1v) is 6.53. The Morgan fingerprint density at radius 1 is 1.08 bits per heavy atom. The van der Waals surface area contributed by atoms with Gasteiger partial charge in [0, 0.05) is 12.6 Å². The zero-order chi connectivity index (χ0) is 10.9. The third kappa shape index (κ3) is 3.84. The standard InChI is InChI=1S/C3H12N2O6P2/c4-1-2(5)3(12(6,7)8)13(9,10)11/h2-3H,1,4-5H2,(H2,6,7,8)(H2,9,10,11). The molecule has 10 heteroatoms. The lowest BCUT2D eigenvalue weighted by Gasteiger charge is -2.23. The van der Waals surface area contributed by atoms with Gasteiger partial charge in [-0.15, -0.1) is 0 Å². The van der Waals surface area contributed by atoms with E-state index in [0.717, 1.165) is 0 Å². The minimum atomic E-state index is -4.94. The number of hydrogen-bond acceptors (Lipinski definition) is 4. The molecule has 8 N–H and O–H groups in total. The van der Waals surface area contributed by atoms with E-state index in [2.05, 4.69) is 0 Å². The summed E-state index contributed by atoms with van der Waals surface area (Å²) in [5.74, 6) is 0. The highest BCUT2D eigenvalue weighted by Gasteiger charge is 2.46. The maximum absolute atomic E-state index is 10.6. The van der Waals surface area contributed by atoms with Gasteiger partial charge in [-0.3, -0.25) is 9.13 Å². The van der Waals surface area contributed by atoms with Gasteiger partial charge in [-0.1, -0.05) is 0 Å². The van der Waals surface area contributed by atoms with E-state index in [1.807, 2.05) is 0 Å². The predicted molar refractivity (Wildman–Crippen MR) is 44.9 cm³/mol. The van der Waals surface area contributed by atoms with Gasteiger partial charge in [-0.25, -0.2) is 0 Å². The summed E-state index contributed by atoms with van der Waals surface area (Å²) in [4.78, 5) is 34.4. The monoisotopic (exact) mass is 234 g/mol. The number of hydrogen-bond donors (Lipinski definition) is 6. The molecule has 0 aliphatic heterocycles. The fourth-order valence-corrected chi connectivity index (χ4v) is 3.63. The van der Waals surface area contributed by atoms with E-state index < -0.39 is 33.2 Å². The maximum atomic E-state index is 10.6. The van der Waals surface area contributed by atoms with Crippen molar-refractivity contribution >= 4 is 15.2 Å². The lowest BCUT2D eigenvalue weighted by molar-refractivity contribution is 0.330. The zero-order valence-corrected chi connectivity index (χ0v) is 8.31. The third-order valence-electron chi connectivity index (χ3n) is 1.34. The Kier molecular flexibility index (Phi) is 4.23. The summed E-state index contributed by atoms with van der Waals surface area (Å²) < 4.78 is 21.3. The average Bonchev–Trinajstić information content (AvgIpc) is 1.80. The topological polar surface area (TPSA) is 167 Å². The minimum Gasteiger partial charge on any atom is -0.329 e. The lowest BCUT2D eigenvalue weighted by atomic mass is 10.4. The van der Waals surface area contributed by atoms with E-state index in [9.17, 15) is 9.13 Å². The maximum Gasteiger partial charge on any atom is 0.342 e. The molecule has 0 fully saturated rings. The van der Waals surface area contributed by atoms with Gasteiger partial charge >= 0.3 is 15.2 Å². The SMILES string of the molecule is NCC(N)C(P(=O)(O)O)P(=O)(O)O. The van der Waals surface area contributed by atoms with Crippen LogP contribution in [0.1, 0.15) is 0 Å². The summed E-state index contributed by atoms with van der Waals surface area (Å²) in [5, 5.41) is -2.22. The Morgan fingerprint density at radius 2 is 1.38 bits per heavy atom. The van der Waals surface area contributed by atoms with Crippen LogP contribution >= 0.6 is 15.2 Å². The van der Waals surface area contributed by atoms with Gasteiger partial charge in [-0.2, -0.15) is 0 Å². The largest absolute Gasteiger partial charge is 0.342 e. The molecule has 0 saturated heterocycles. The molecule has 0 aromatic heterocycles. The molecule has 0 bridgehead atoms. The Hall–Kier alpha value is 0.220. The minimum absolute atomic E-state index is 0.416. The summed E-state index contributed by atoms with van der Waals surface area (Å²) >= 11 is 0. The van der Waals surface area contributed by atoms with E-state index in [1.54, 1.807) is 0 Å². The first kappa shape index (κ1) is 13.2. The van der Waals surface area contributed by atoms with Crippen LogP contribution < -0.4 is 11.5 Å². The summed E-state index contributed by atoms with van der Waals surface area (Å²) in [7, 11) is -9.88. The first-order chi connectivity index (χ1) is 5.60. The van der Waals surface area contributed by atoms with Crippen LogP contribution in [0.3, 0.4) is 0 Å². The van der Waals surface area contributed by atoms with Crippen molar-refractivity contribution in [2.24, 2.45) is 11.5 Å². The molecular weight excluding hydrogens is 222 g/mol. The summed E-state index contributed by atoms with van der Waals surface area (Å²) in [6.45, 7) is -0.416. The van der Waals surface area contributed by atoms with Crippen LogP contribution in [-0.2, 0) is 9.13 Å². The second kappa shape index (κ2) is 4.16. The van der Waals surface area contributed by atoms with Crippen LogP contribution in [0.15, 0.2) is 0 Å². The van der Waals surface area contributed by atoms with E-state index in [0.29, 0.717) is 0 Å². The van der Waals surface area contributed by atoms with Gasteiger partial charge in [0.2, 0.25) is 0 Å². The molecule has 0 rings (SSSR count). The van der Waals surface area contributed by atoms with Crippen molar-refractivity contribution < 1.29 is 28.7 Å². The molecule has 0 saturated carbocycles. The zero-order valence-electron chi connectivity index (χ0n) is 6.52. The molecule has 0 aliphatic carbocycles. The van der Waals surface area contributed by atoms with Crippen molar-refractivity contribution in [3.8, 4) is 0 Å². The summed E-state index contributed by atoms with van der Waals surface area (Å²) in [5.41, 5.74) is 10.0. The van der Waals surface area contributed by atoms with E-state index in [1.165, 1.54) is 0 Å². The molecule has 8 nitrogen and oxygen atoms in total. The smallest absolute Gasteiger partial charge is 0.329 e. The van der Waals surface area contributed by atoms with Crippen LogP contribution in [0.25, 0.3) is 0 Å². The van der Waals surface area contributed by atoms with E-state index in [-0.39, 0.29) is 0 Å². The van der Waals surface area contributed by atoms with Gasteiger partial charge < -0.3 is 31.0 Å². The Bertz CT molecular complexity index is 235. The van der Waals surface area contributed by atoms with Gasteiger partial charge in [0.15, 0.2) is 5.40 Å². The highest BCUT2D eigenvalue weighted by Crippen LogP contribution is 2.60. The Morgan fingerprint density at radius 3 is 1.46 bits per heavy atom. The van der Waals surface area contributed by atoms with E-state index in [4.69, 9.17) is 31.0 Å².